The molecule has 0 amide bonds. The van der Waals surface area contributed by atoms with Crippen molar-refractivity contribution in [3.63, 3.8) is 0 Å². The van der Waals surface area contributed by atoms with Crippen LogP contribution in [0.2, 0.25) is 0 Å². The van der Waals surface area contributed by atoms with Gasteiger partial charge >= 0.3 is 0 Å². The molecule has 0 bridgehead atoms. The van der Waals surface area contributed by atoms with Gasteiger partial charge in [0.25, 0.3) is 0 Å². The van der Waals surface area contributed by atoms with Gasteiger partial charge in [0.1, 0.15) is 5.69 Å². The Labute approximate surface area is 139 Å². The average molecular weight is 342 g/mol. The van der Waals surface area contributed by atoms with E-state index in [9.17, 15) is 8.42 Å². The zero-order valence-electron chi connectivity index (χ0n) is 12.5. The first-order valence-electron chi connectivity index (χ1n) is 7.09. The summed E-state index contributed by atoms with van der Waals surface area (Å²) < 4.78 is 31.3. The molecular weight excluding hydrogens is 328 g/mol. The number of aromatic nitrogens is 3. The first kappa shape index (κ1) is 16.0. The first-order chi connectivity index (χ1) is 11.6. The smallest absolute Gasteiger partial charge is 0.242 e. The number of benzene rings is 1. The SMILES string of the molecule is O=S(=O)(/C=C/c1ccccc1)NCc1nc(-c2ccccn2)no1. The predicted octanol–water partition coefficient (Wildman–Crippen LogP) is 2.22. The molecule has 0 saturated heterocycles. The molecule has 2 aromatic heterocycles. The number of nitrogens with zero attached hydrogens (tertiary/aromatic N) is 3. The molecule has 122 valence electrons. The van der Waals surface area contributed by atoms with E-state index in [-0.39, 0.29) is 12.4 Å². The van der Waals surface area contributed by atoms with Gasteiger partial charge in [-0.25, -0.2) is 13.1 Å². The van der Waals surface area contributed by atoms with E-state index in [1.54, 1.807) is 24.4 Å². The van der Waals surface area contributed by atoms with Gasteiger partial charge in [-0.05, 0) is 23.8 Å². The Morgan fingerprint density at radius 2 is 1.88 bits per heavy atom. The maximum absolute atomic E-state index is 12.0. The second kappa shape index (κ2) is 7.16. The van der Waals surface area contributed by atoms with Crippen LogP contribution in [-0.2, 0) is 16.6 Å². The van der Waals surface area contributed by atoms with Gasteiger partial charge in [0.05, 0.1) is 6.54 Å². The number of nitrogens with one attached hydrogen (secondary N) is 1. The molecule has 0 unspecified atom stereocenters. The highest BCUT2D eigenvalue weighted by Crippen LogP contribution is 2.12. The Hall–Kier alpha value is -2.84. The summed E-state index contributed by atoms with van der Waals surface area (Å²) in [4.78, 5) is 8.21. The highest BCUT2D eigenvalue weighted by atomic mass is 32.2. The minimum Gasteiger partial charge on any atom is -0.337 e. The lowest BCUT2D eigenvalue weighted by Gasteiger charge is -1.98. The fourth-order valence-electron chi connectivity index (χ4n) is 1.87. The molecule has 1 N–H and O–H groups in total. The van der Waals surface area contributed by atoms with E-state index in [1.165, 1.54) is 6.08 Å². The highest BCUT2D eigenvalue weighted by Gasteiger charge is 2.12. The Kier molecular flexibility index (Phi) is 4.78. The minimum atomic E-state index is -3.61. The monoisotopic (exact) mass is 342 g/mol. The zero-order valence-corrected chi connectivity index (χ0v) is 13.3. The van der Waals surface area contributed by atoms with Crippen LogP contribution in [0.5, 0.6) is 0 Å². The van der Waals surface area contributed by atoms with E-state index in [4.69, 9.17) is 4.52 Å². The lowest BCUT2D eigenvalue weighted by Crippen LogP contribution is -2.20. The van der Waals surface area contributed by atoms with Crippen LogP contribution in [0, 0.1) is 0 Å². The van der Waals surface area contributed by atoms with Crippen LogP contribution in [0.1, 0.15) is 11.5 Å². The van der Waals surface area contributed by atoms with Crippen LogP contribution in [0.4, 0.5) is 0 Å². The van der Waals surface area contributed by atoms with Crippen molar-refractivity contribution < 1.29 is 12.9 Å². The topological polar surface area (TPSA) is 98.0 Å². The molecule has 0 aliphatic heterocycles. The van der Waals surface area contributed by atoms with Crippen molar-refractivity contribution in [3.05, 3.63) is 71.6 Å². The molecule has 3 aromatic rings. The van der Waals surface area contributed by atoms with Gasteiger partial charge in [-0.3, -0.25) is 4.98 Å². The molecular formula is C16H14N4O3S. The van der Waals surface area contributed by atoms with Crippen molar-refractivity contribution in [2.45, 2.75) is 6.54 Å². The van der Waals surface area contributed by atoms with Gasteiger partial charge in [-0.1, -0.05) is 41.6 Å². The van der Waals surface area contributed by atoms with Crippen molar-refractivity contribution in [2.24, 2.45) is 0 Å². The largest absolute Gasteiger partial charge is 0.337 e. The second-order valence-electron chi connectivity index (χ2n) is 4.81. The van der Waals surface area contributed by atoms with Crippen LogP contribution in [0.3, 0.4) is 0 Å². The molecule has 7 nitrogen and oxygen atoms in total. The van der Waals surface area contributed by atoms with Gasteiger partial charge in [-0.15, -0.1) is 0 Å². The van der Waals surface area contributed by atoms with E-state index >= 15 is 0 Å². The molecule has 0 atom stereocenters. The maximum Gasteiger partial charge on any atom is 0.242 e. The molecule has 2 heterocycles. The van der Waals surface area contributed by atoms with Crippen molar-refractivity contribution in [2.75, 3.05) is 0 Å². The number of sulfonamides is 1. The van der Waals surface area contributed by atoms with Crippen LogP contribution in [0.15, 0.2) is 64.7 Å². The lowest BCUT2D eigenvalue weighted by atomic mass is 10.2. The van der Waals surface area contributed by atoms with Gasteiger partial charge in [0, 0.05) is 11.6 Å². The van der Waals surface area contributed by atoms with Crippen LogP contribution in [0.25, 0.3) is 17.6 Å². The number of hydrogen-bond donors (Lipinski definition) is 1. The Balaban J connectivity index is 1.63. The molecule has 24 heavy (non-hydrogen) atoms. The quantitative estimate of drug-likeness (QED) is 0.737. The molecule has 0 saturated carbocycles. The molecule has 0 spiro atoms. The van der Waals surface area contributed by atoms with Crippen LogP contribution < -0.4 is 4.72 Å². The molecule has 8 heteroatoms. The Morgan fingerprint density at radius 1 is 1.08 bits per heavy atom. The summed E-state index contributed by atoms with van der Waals surface area (Å²) in [6, 6.07) is 14.5. The van der Waals surface area contributed by atoms with Crippen molar-refractivity contribution in [3.8, 4) is 11.5 Å². The number of pyridine rings is 1. The Bertz CT molecular complexity index is 922. The first-order valence-corrected chi connectivity index (χ1v) is 8.64. The van der Waals surface area contributed by atoms with Crippen molar-refractivity contribution >= 4 is 16.1 Å². The minimum absolute atomic E-state index is 0.0959. The lowest BCUT2D eigenvalue weighted by molar-refractivity contribution is 0.376. The normalized spacial score (nSPS) is 11.8. The summed E-state index contributed by atoms with van der Waals surface area (Å²) >= 11 is 0. The van der Waals surface area contributed by atoms with E-state index < -0.39 is 10.0 Å². The maximum atomic E-state index is 12.0. The van der Waals surface area contributed by atoms with E-state index in [2.05, 4.69) is 19.8 Å². The van der Waals surface area contributed by atoms with Gasteiger partial charge < -0.3 is 4.52 Å². The number of hydrogen-bond acceptors (Lipinski definition) is 6. The third-order valence-electron chi connectivity index (χ3n) is 3.03. The number of rotatable bonds is 6. The average Bonchev–Trinajstić information content (AvgIpc) is 3.09. The molecule has 3 rings (SSSR count). The second-order valence-corrected chi connectivity index (χ2v) is 6.46. The molecule has 0 fully saturated rings. The van der Waals surface area contributed by atoms with Crippen LogP contribution in [-0.4, -0.2) is 23.5 Å². The fraction of sp³-hybridized carbons (Fsp3) is 0.0625. The summed E-state index contributed by atoms with van der Waals surface area (Å²) in [5.41, 5.74) is 1.34. The van der Waals surface area contributed by atoms with Gasteiger partial charge in [-0.2, -0.15) is 4.98 Å². The molecule has 0 aliphatic carbocycles. The van der Waals surface area contributed by atoms with E-state index in [0.717, 1.165) is 11.0 Å². The molecule has 0 aliphatic rings. The van der Waals surface area contributed by atoms with E-state index in [0.29, 0.717) is 11.5 Å². The third-order valence-corrected chi connectivity index (χ3v) is 4.07. The van der Waals surface area contributed by atoms with Crippen molar-refractivity contribution in [1.29, 1.82) is 0 Å². The van der Waals surface area contributed by atoms with Crippen molar-refractivity contribution in [1.82, 2.24) is 19.8 Å². The summed E-state index contributed by atoms with van der Waals surface area (Å²) in [7, 11) is -3.61. The highest BCUT2D eigenvalue weighted by molar-refractivity contribution is 7.92. The molecule has 1 aromatic carbocycles. The van der Waals surface area contributed by atoms with Gasteiger partial charge in [0.2, 0.25) is 21.7 Å². The third kappa shape index (κ3) is 4.34. The predicted molar refractivity (Wildman–Crippen MR) is 88.8 cm³/mol. The Morgan fingerprint density at radius 3 is 2.62 bits per heavy atom. The standard InChI is InChI=1S/C16H14N4O3S/c21-24(22,11-9-13-6-2-1-3-7-13)18-12-15-19-16(20-23-15)14-8-4-5-10-17-14/h1-11,18H,12H2/b11-9+. The van der Waals surface area contributed by atoms with Gasteiger partial charge in [0.15, 0.2) is 0 Å². The van der Waals surface area contributed by atoms with E-state index in [1.807, 2.05) is 30.3 Å². The summed E-state index contributed by atoms with van der Waals surface area (Å²) in [5, 5.41) is 4.87. The zero-order chi connectivity index (χ0) is 16.8. The van der Waals surface area contributed by atoms with Crippen LogP contribution >= 0.6 is 0 Å². The summed E-state index contributed by atoms with van der Waals surface area (Å²) in [5.74, 6) is 0.469. The summed E-state index contributed by atoms with van der Waals surface area (Å²) in [6.07, 6.45) is 3.12. The fourth-order valence-corrected chi connectivity index (χ4v) is 2.63. The summed E-state index contributed by atoms with van der Waals surface area (Å²) in [6.45, 7) is -0.0959. The molecule has 0 radical (unpaired) electrons.